The molecule has 0 N–H and O–H groups in total. The van der Waals surface area contributed by atoms with E-state index in [9.17, 15) is 8.78 Å². The number of aliphatic imine (C=N–C) groups is 1. The van der Waals surface area contributed by atoms with Gasteiger partial charge in [0.05, 0.1) is 19.3 Å². The maximum Gasteiger partial charge on any atom is 0.198 e. The van der Waals surface area contributed by atoms with E-state index in [0.717, 1.165) is 37.6 Å². The van der Waals surface area contributed by atoms with Gasteiger partial charge >= 0.3 is 0 Å². The van der Waals surface area contributed by atoms with Crippen LogP contribution < -0.4 is 4.74 Å². The van der Waals surface area contributed by atoms with Crippen LogP contribution in [0.25, 0.3) is 0 Å². The van der Waals surface area contributed by atoms with Crippen LogP contribution in [0.3, 0.4) is 0 Å². The number of aryl methyl sites for hydroxylation is 2. The van der Waals surface area contributed by atoms with Crippen LogP contribution in [0, 0.1) is 18.6 Å². The van der Waals surface area contributed by atoms with Crippen molar-refractivity contribution in [1.82, 2.24) is 14.8 Å². The van der Waals surface area contributed by atoms with Crippen LogP contribution in [0.15, 0.2) is 59.8 Å². The predicted molar refractivity (Wildman–Crippen MR) is 121 cm³/mol. The number of benzene rings is 1. The van der Waals surface area contributed by atoms with E-state index >= 15 is 0 Å². The van der Waals surface area contributed by atoms with Crippen molar-refractivity contribution in [3.8, 4) is 11.5 Å². The van der Waals surface area contributed by atoms with E-state index in [0.29, 0.717) is 48.3 Å². The number of aromatic nitrogens is 1. The van der Waals surface area contributed by atoms with Gasteiger partial charge in [-0.3, -0.25) is 4.98 Å². The molecular formula is C25H26F2N4O2. The van der Waals surface area contributed by atoms with Gasteiger partial charge in [-0.1, -0.05) is 6.58 Å². The standard InChI is InChI=1S/C25H26F2N4O2/c1-16-11-21(5-7-28-16)33-25-22(26)12-18(13-23(25)27)3-4-19-14-24-30(17(2)29-19)8-6-20-15-32-10-9-31(20)24/h5,7,11-14,20H,2-4,6,8-10,15H2,1H3/t20-/m0/s1. The minimum atomic E-state index is -0.734. The zero-order valence-electron chi connectivity index (χ0n) is 18.6. The highest BCUT2D eigenvalue weighted by Gasteiger charge is 2.35. The van der Waals surface area contributed by atoms with E-state index in [1.807, 2.05) is 0 Å². The number of nitrogens with zero attached hydrogens (tertiary/aromatic N) is 4. The molecule has 0 unspecified atom stereocenters. The van der Waals surface area contributed by atoms with Crippen molar-refractivity contribution >= 4 is 5.71 Å². The minimum Gasteiger partial charge on any atom is -0.451 e. The SMILES string of the molecule is C=C1N=C(CCc2cc(F)c(Oc3ccnc(C)c3)c(F)c2)C=C2N1CC[C@H]1COCCN21. The van der Waals surface area contributed by atoms with Crippen molar-refractivity contribution in [2.24, 2.45) is 4.99 Å². The Labute approximate surface area is 191 Å². The summed E-state index contributed by atoms with van der Waals surface area (Å²) < 4.78 is 40.4. The fourth-order valence-corrected chi connectivity index (χ4v) is 4.53. The number of allylic oxidation sites excluding steroid dienone is 1. The van der Waals surface area contributed by atoms with E-state index in [4.69, 9.17) is 9.47 Å². The second kappa shape index (κ2) is 8.94. The summed E-state index contributed by atoms with van der Waals surface area (Å²) in [6.07, 6.45) is 5.61. The van der Waals surface area contributed by atoms with Crippen molar-refractivity contribution in [3.63, 3.8) is 0 Å². The lowest BCUT2D eigenvalue weighted by molar-refractivity contribution is -0.0242. The Balaban J connectivity index is 1.30. The molecule has 172 valence electrons. The number of rotatable bonds is 5. The molecule has 0 saturated carbocycles. The molecule has 3 aliphatic heterocycles. The van der Waals surface area contributed by atoms with Crippen molar-refractivity contribution in [2.45, 2.75) is 32.2 Å². The molecular weight excluding hydrogens is 426 g/mol. The summed E-state index contributed by atoms with van der Waals surface area (Å²) in [5, 5.41) is 0. The summed E-state index contributed by atoms with van der Waals surface area (Å²) in [5.74, 6) is 0.267. The van der Waals surface area contributed by atoms with E-state index in [-0.39, 0.29) is 0 Å². The van der Waals surface area contributed by atoms with E-state index in [1.165, 1.54) is 18.3 Å². The normalized spacial score (nSPS) is 20.1. The largest absolute Gasteiger partial charge is 0.451 e. The van der Waals surface area contributed by atoms with E-state index in [2.05, 4.69) is 32.4 Å². The number of morpholine rings is 1. The maximum absolute atomic E-state index is 14.7. The molecule has 2 fully saturated rings. The molecule has 6 nitrogen and oxygen atoms in total. The molecule has 33 heavy (non-hydrogen) atoms. The third-order valence-corrected chi connectivity index (χ3v) is 6.18. The van der Waals surface area contributed by atoms with E-state index < -0.39 is 17.4 Å². The number of ether oxygens (including phenoxy) is 2. The highest BCUT2D eigenvalue weighted by molar-refractivity contribution is 5.97. The van der Waals surface area contributed by atoms with Crippen molar-refractivity contribution in [2.75, 3.05) is 26.3 Å². The van der Waals surface area contributed by atoms with Crippen molar-refractivity contribution in [3.05, 3.63) is 77.7 Å². The summed E-state index contributed by atoms with van der Waals surface area (Å²) in [6, 6.07) is 6.20. The molecule has 2 saturated heterocycles. The summed E-state index contributed by atoms with van der Waals surface area (Å²) in [6.45, 7) is 9.04. The third kappa shape index (κ3) is 4.48. The number of hydrogen-bond acceptors (Lipinski definition) is 6. The predicted octanol–water partition coefficient (Wildman–Crippen LogP) is 4.57. The molecule has 1 aromatic heterocycles. The number of fused-ring (bicyclic) bond motifs is 3. The minimum absolute atomic E-state index is 0.341. The van der Waals surface area contributed by atoms with Gasteiger partial charge in [-0.05, 0) is 49.9 Å². The van der Waals surface area contributed by atoms with Gasteiger partial charge in [0, 0.05) is 42.8 Å². The van der Waals surface area contributed by atoms with Crippen LogP contribution in [-0.4, -0.2) is 52.8 Å². The summed E-state index contributed by atoms with van der Waals surface area (Å²) >= 11 is 0. The van der Waals surface area contributed by atoms with Gasteiger partial charge in [0.1, 0.15) is 17.4 Å². The average Bonchev–Trinajstić information content (AvgIpc) is 2.80. The first-order chi connectivity index (χ1) is 16.0. The van der Waals surface area contributed by atoms with Crippen LogP contribution in [-0.2, 0) is 11.2 Å². The Bertz CT molecular complexity index is 1120. The molecule has 1 aromatic carbocycles. The summed E-state index contributed by atoms with van der Waals surface area (Å²) in [5.41, 5.74) is 2.10. The number of hydrogen-bond donors (Lipinski definition) is 0. The summed E-state index contributed by atoms with van der Waals surface area (Å²) in [4.78, 5) is 13.2. The third-order valence-electron chi connectivity index (χ3n) is 6.18. The molecule has 0 bridgehead atoms. The average molecular weight is 453 g/mol. The second-order valence-corrected chi connectivity index (χ2v) is 8.51. The van der Waals surface area contributed by atoms with Gasteiger partial charge in [0.15, 0.2) is 17.4 Å². The molecule has 0 radical (unpaired) electrons. The molecule has 1 atom stereocenters. The van der Waals surface area contributed by atoms with Gasteiger partial charge in [0.25, 0.3) is 0 Å². The fourth-order valence-electron chi connectivity index (χ4n) is 4.53. The van der Waals surface area contributed by atoms with E-state index in [1.54, 1.807) is 19.1 Å². The Hall–Kier alpha value is -3.26. The monoisotopic (exact) mass is 452 g/mol. The van der Waals surface area contributed by atoms with Crippen molar-refractivity contribution < 1.29 is 18.3 Å². The van der Waals surface area contributed by atoms with Crippen LogP contribution in [0.4, 0.5) is 8.78 Å². The smallest absolute Gasteiger partial charge is 0.198 e. The lowest BCUT2D eigenvalue weighted by atomic mass is 10.0. The summed E-state index contributed by atoms with van der Waals surface area (Å²) in [7, 11) is 0. The highest BCUT2D eigenvalue weighted by Crippen LogP contribution is 2.32. The van der Waals surface area contributed by atoms with Crippen LogP contribution in [0.5, 0.6) is 11.5 Å². The molecule has 0 amide bonds. The highest BCUT2D eigenvalue weighted by atomic mass is 19.1. The molecule has 2 aromatic rings. The van der Waals surface area contributed by atoms with Gasteiger partial charge in [-0.2, -0.15) is 0 Å². The van der Waals surface area contributed by atoms with Crippen LogP contribution >= 0.6 is 0 Å². The van der Waals surface area contributed by atoms with Gasteiger partial charge in [-0.25, -0.2) is 13.8 Å². The second-order valence-electron chi connectivity index (χ2n) is 8.51. The van der Waals surface area contributed by atoms with Crippen LogP contribution in [0.1, 0.15) is 24.1 Å². The van der Waals surface area contributed by atoms with Crippen molar-refractivity contribution in [1.29, 1.82) is 0 Å². The van der Waals surface area contributed by atoms with Gasteiger partial charge in [0.2, 0.25) is 0 Å². The first-order valence-corrected chi connectivity index (χ1v) is 11.2. The lowest BCUT2D eigenvalue weighted by Gasteiger charge is -2.48. The topological polar surface area (TPSA) is 50.2 Å². The number of pyridine rings is 1. The zero-order valence-corrected chi connectivity index (χ0v) is 18.6. The van der Waals surface area contributed by atoms with Gasteiger partial charge < -0.3 is 19.3 Å². The molecule has 8 heteroatoms. The fraction of sp³-hybridized carbons (Fsp3) is 0.360. The Morgan fingerprint density at radius 2 is 2.00 bits per heavy atom. The molecule has 3 aliphatic rings. The van der Waals surface area contributed by atoms with Gasteiger partial charge in [-0.15, -0.1) is 0 Å². The molecule has 0 aliphatic carbocycles. The molecule has 5 rings (SSSR count). The van der Waals surface area contributed by atoms with Crippen LogP contribution in [0.2, 0.25) is 0 Å². The maximum atomic E-state index is 14.7. The Morgan fingerprint density at radius 3 is 2.79 bits per heavy atom. The molecule has 0 spiro atoms. The first kappa shape index (κ1) is 21.6. The lowest BCUT2D eigenvalue weighted by Crippen LogP contribution is -2.54. The molecule has 4 heterocycles. The Kier molecular flexibility index (Phi) is 5.85. The Morgan fingerprint density at radius 1 is 1.18 bits per heavy atom. The zero-order chi connectivity index (χ0) is 22.9. The quantitative estimate of drug-likeness (QED) is 0.665. The first-order valence-electron chi connectivity index (χ1n) is 11.2. The number of halogens is 2.